The number of hydrogen-bond donors (Lipinski definition) is 0. The molecule has 124 valence electrons. The van der Waals surface area contributed by atoms with Gasteiger partial charge in [-0.2, -0.15) is 4.99 Å². The Bertz CT molecular complexity index is 754. The van der Waals surface area contributed by atoms with Crippen molar-refractivity contribution in [1.82, 2.24) is 4.57 Å². The van der Waals surface area contributed by atoms with E-state index >= 15 is 0 Å². The molecule has 1 aromatic carbocycles. The number of aromatic nitrogens is 1. The summed E-state index contributed by atoms with van der Waals surface area (Å²) in [5.41, 5.74) is 0.836. The van der Waals surface area contributed by atoms with E-state index in [1.807, 2.05) is 12.1 Å². The minimum atomic E-state index is -0.284. The Morgan fingerprint density at radius 3 is 2.78 bits per heavy atom. The number of rotatable bonds is 4. The van der Waals surface area contributed by atoms with E-state index in [0.29, 0.717) is 13.2 Å². The largest absolute Gasteiger partial charge is 0.383 e. The van der Waals surface area contributed by atoms with Crippen LogP contribution in [0, 0.1) is 5.41 Å². The molecule has 0 spiro atoms. The maximum absolute atomic E-state index is 12.8. The van der Waals surface area contributed by atoms with Crippen LogP contribution in [0.25, 0.3) is 10.2 Å². The fourth-order valence-corrected chi connectivity index (χ4v) is 4.33. The first-order chi connectivity index (χ1) is 11.1. The number of nitrogens with zero attached hydrogens (tertiary/aromatic N) is 2. The highest BCUT2D eigenvalue weighted by molar-refractivity contribution is 7.16. The topological polar surface area (TPSA) is 43.6 Å². The van der Waals surface area contributed by atoms with Crippen LogP contribution in [0.5, 0.6) is 0 Å². The molecule has 1 fully saturated rings. The summed E-state index contributed by atoms with van der Waals surface area (Å²) in [6.07, 6.45) is 5.41. The highest BCUT2D eigenvalue weighted by atomic mass is 32.1. The number of methoxy groups -OCH3 is 1. The number of amides is 1. The summed E-state index contributed by atoms with van der Waals surface area (Å²) in [5.74, 6) is 0.0370. The Balaban J connectivity index is 2.01. The molecule has 0 radical (unpaired) electrons. The summed E-state index contributed by atoms with van der Waals surface area (Å²) in [6, 6.07) is 8.20. The smallest absolute Gasteiger partial charge is 0.254 e. The minimum Gasteiger partial charge on any atom is -0.383 e. The van der Waals surface area contributed by atoms with Crippen LogP contribution in [0.4, 0.5) is 0 Å². The molecule has 1 aliphatic carbocycles. The summed E-state index contributed by atoms with van der Waals surface area (Å²) in [4.78, 5) is 18.1. The van der Waals surface area contributed by atoms with Crippen molar-refractivity contribution in [3.05, 3.63) is 29.1 Å². The van der Waals surface area contributed by atoms with Crippen molar-refractivity contribution in [3.8, 4) is 0 Å². The molecule has 1 amide bonds. The molecule has 23 heavy (non-hydrogen) atoms. The minimum absolute atomic E-state index is 0.0370. The van der Waals surface area contributed by atoms with Gasteiger partial charge >= 0.3 is 0 Å². The predicted molar refractivity (Wildman–Crippen MR) is 93.5 cm³/mol. The Hall–Kier alpha value is -1.46. The maximum atomic E-state index is 12.8. The van der Waals surface area contributed by atoms with Gasteiger partial charge < -0.3 is 9.30 Å². The lowest BCUT2D eigenvalue weighted by atomic mass is 9.75. The van der Waals surface area contributed by atoms with Gasteiger partial charge in [0.2, 0.25) is 0 Å². The number of carbonyl (C=O) groups excluding carboxylic acids is 1. The first kappa shape index (κ1) is 16.4. The first-order valence-electron chi connectivity index (χ1n) is 8.30. The molecule has 0 unspecified atom stereocenters. The number of carbonyl (C=O) groups is 1. The van der Waals surface area contributed by atoms with Crippen molar-refractivity contribution in [2.24, 2.45) is 10.4 Å². The van der Waals surface area contributed by atoms with E-state index in [0.717, 1.165) is 40.7 Å². The van der Waals surface area contributed by atoms with Crippen molar-refractivity contribution in [2.75, 3.05) is 13.7 Å². The van der Waals surface area contributed by atoms with Crippen LogP contribution < -0.4 is 4.80 Å². The highest BCUT2D eigenvalue weighted by Crippen LogP contribution is 2.36. The van der Waals surface area contributed by atoms with Crippen molar-refractivity contribution in [2.45, 2.75) is 45.6 Å². The molecule has 1 saturated carbocycles. The van der Waals surface area contributed by atoms with Crippen LogP contribution in [0.3, 0.4) is 0 Å². The SMILES string of the molecule is COCCn1c(=NC(=O)C2(C)CCCCC2)sc2ccccc21. The maximum Gasteiger partial charge on any atom is 0.254 e. The van der Waals surface area contributed by atoms with Crippen molar-refractivity contribution in [1.29, 1.82) is 0 Å². The van der Waals surface area contributed by atoms with E-state index in [1.165, 1.54) is 6.42 Å². The monoisotopic (exact) mass is 332 g/mol. The molecule has 0 bridgehead atoms. The van der Waals surface area contributed by atoms with Crippen LogP contribution in [-0.2, 0) is 16.1 Å². The summed E-state index contributed by atoms with van der Waals surface area (Å²) in [7, 11) is 1.69. The predicted octanol–water partition coefficient (Wildman–Crippen LogP) is 3.75. The lowest BCUT2D eigenvalue weighted by Crippen LogP contribution is -2.31. The second-order valence-corrected chi connectivity index (χ2v) is 7.54. The summed E-state index contributed by atoms with van der Waals surface area (Å²) < 4.78 is 8.48. The molecule has 4 nitrogen and oxygen atoms in total. The van der Waals surface area contributed by atoms with Gasteiger partial charge in [0.1, 0.15) is 0 Å². The van der Waals surface area contributed by atoms with Gasteiger partial charge in [0.25, 0.3) is 5.91 Å². The van der Waals surface area contributed by atoms with Gasteiger partial charge in [-0.05, 0) is 25.0 Å². The Kier molecular flexibility index (Phi) is 4.97. The van der Waals surface area contributed by atoms with Gasteiger partial charge in [0.05, 0.1) is 16.8 Å². The molecule has 2 aromatic rings. The third kappa shape index (κ3) is 3.40. The third-order valence-electron chi connectivity index (χ3n) is 4.78. The standard InChI is InChI=1S/C18H24N2O2S/c1-18(10-6-3-7-11-18)16(21)19-17-20(12-13-22-2)14-8-4-5-9-15(14)23-17/h4-5,8-9H,3,6-7,10-13H2,1-2H3. The van der Waals surface area contributed by atoms with E-state index in [4.69, 9.17) is 4.74 Å². The average Bonchev–Trinajstić information content (AvgIpc) is 2.91. The summed E-state index contributed by atoms with van der Waals surface area (Å²) in [6.45, 7) is 3.40. The number of para-hydroxylation sites is 1. The second-order valence-electron chi connectivity index (χ2n) is 6.54. The zero-order chi connectivity index (χ0) is 16.3. The molecule has 1 heterocycles. The number of benzene rings is 1. The quantitative estimate of drug-likeness (QED) is 0.856. The zero-order valence-corrected chi connectivity index (χ0v) is 14.7. The zero-order valence-electron chi connectivity index (χ0n) is 13.9. The first-order valence-corrected chi connectivity index (χ1v) is 9.12. The molecular weight excluding hydrogens is 308 g/mol. The van der Waals surface area contributed by atoms with Gasteiger partial charge in [0.15, 0.2) is 4.80 Å². The molecule has 0 aliphatic heterocycles. The lowest BCUT2D eigenvalue weighted by molar-refractivity contribution is -0.128. The van der Waals surface area contributed by atoms with E-state index < -0.39 is 0 Å². The van der Waals surface area contributed by atoms with Gasteiger partial charge in [-0.3, -0.25) is 4.79 Å². The Morgan fingerprint density at radius 2 is 2.04 bits per heavy atom. The molecule has 0 N–H and O–H groups in total. The van der Waals surface area contributed by atoms with Crippen LogP contribution >= 0.6 is 11.3 Å². The highest BCUT2D eigenvalue weighted by Gasteiger charge is 2.34. The van der Waals surface area contributed by atoms with Gasteiger partial charge in [-0.25, -0.2) is 0 Å². The van der Waals surface area contributed by atoms with Crippen LogP contribution in [0.2, 0.25) is 0 Å². The summed E-state index contributed by atoms with van der Waals surface area (Å²) in [5, 5.41) is 0. The molecule has 3 rings (SSSR count). The number of ether oxygens (including phenoxy) is 1. The van der Waals surface area contributed by atoms with Crippen molar-refractivity contribution in [3.63, 3.8) is 0 Å². The van der Waals surface area contributed by atoms with E-state index in [1.54, 1.807) is 18.4 Å². The Morgan fingerprint density at radius 1 is 1.30 bits per heavy atom. The van der Waals surface area contributed by atoms with E-state index in [9.17, 15) is 4.79 Å². The van der Waals surface area contributed by atoms with Crippen LogP contribution in [0.15, 0.2) is 29.3 Å². The molecule has 0 saturated heterocycles. The molecule has 1 aromatic heterocycles. The van der Waals surface area contributed by atoms with Crippen LogP contribution in [-0.4, -0.2) is 24.2 Å². The van der Waals surface area contributed by atoms with Crippen LogP contribution in [0.1, 0.15) is 39.0 Å². The number of thiazole rings is 1. The lowest BCUT2D eigenvalue weighted by Gasteiger charge is -2.29. The molecule has 0 atom stereocenters. The van der Waals surface area contributed by atoms with Gasteiger partial charge in [0, 0.05) is 19.1 Å². The van der Waals surface area contributed by atoms with Crippen molar-refractivity contribution < 1.29 is 9.53 Å². The number of hydrogen-bond acceptors (Lipinski definition) is 3. The third-order valence-corrected chi connectivity index (χ3v) is 5.84. The normalized spacial score (nSPS) is 18.4. The Labute approximate surface area is 140 Å². The fourth-order valence-electron chi connectivity index (χ4n) is 3.27. The fraction of sp³-hybridized carbons (Fsp3) is 0.556. The van der Waals surface area contributed by atoms with Gasteiger partial charge in [-0.15, -0.1) is 0 Å². The average molecular weight is 332 g/mol. The number of fused-ring (bicyclic) bond motifs is 1. The van der Waals surface area contributed by atoms with Gasteiger partial charge in [-0.1, -0.05) is 49.7 Å². The van der Waals surface area contributed by atoms with E-state index in [2.05, 4.69) is 28.6 Å². The summed E-state index contributed by atoms with van der Waals surface area (Å²) >= 11 is 1.59. The van der Waals surface area contributed by atoms with E-state index in [-0.39, 0.29) is 11.3 Å². The molecule has 5 heteroatoms. The molecule has 1 aliphatic rings. The second kappa shape index (κ2) is 6.97. The van der Waals surface area contributed by atoms with Crippen molar-refractivity contribution >= 4 is 27.5 Å². The molecular formula is C18H24N2O2S.